The maximum atomic E-state index is 5.97. The molecule has 2 aliphatic carbocycles. The second-order valence-electron chi connectivity index (χ2n) is 5.25. The molecular weight excluding hydrogens is 182 g/mol. The van der Waals surface area contributed by atoms with Crippen molar-refractivity contribution in [2.45, 2.75) is 37.6 Å². The molecule has 0 radical (unpaired) electrons. The molecule has 0 bridgehead atoms. The Kier molecular flexibility index (Phi) is 2.28. The molecule has 0 heterocycles. The third-order valence-corrected chi connectivity index (χ3v) is 4.19. The van der Waals surface area contributed by atoms with Crippen molar-refractivity contribution in [2.24, 2.45) is 17.6 Å². The van der Waals surface area contributed by atoms with Gasteiger partial charge in [-0.3, -0.25) is 0 Å². The maximum Gasteiger partial charge on any atom is 0.00416 e. The second kappa shape index (κ2) is 3.64. The summed E-state index contributed by atoms with van der Waals surface area (Å²) >= 11 is 0. The van der Waals surface area contributed by atoms with Crippen molar-refractivity contribution in [3.05, 3.63) is 35.9 Å². The topological polar surface area (TPSA) is 26.0 Å². The van der Waals surface area contributed by atoms with E-state index in [-0.39, 0.29) is 0 Å². The zero-order chi connectivity index (χ0) is 10.3. The predicted octanol–water partition coefficient (Wildman–Crippen LogP) is 2.92. The van der Waals surface area contributed by atoms with Gasteiger partial charge in [0.1, 0.15) is 0 Å². The molecule has 15 heavy (non-hydrogen) atoms. The van der Waals surface area contributed by atoms with Gasteiger partial charge in [-0.2, -0.15) is 0 Å². The first-order valence-corrected chi connectivity index (χ1v) is 6.15. The second-order valence-corrected chi connectivity index (χ2v) is 5.25. The van der Waals surface area contributed by atoms with E-state index >= 15 is 0 Å². The summed E-state index contributed by atoms with van der Waals surface area (Å²) in [6, 6.07) is 11.5. The molecule has 0 saturated heterocycles. The van der Waals surface area contributed by atoms with Crippen molar-refractivity contribution in [3.63, 3.8) is 0 Å². The van der Waals surface area contributed by atoms with Crippen molar-refractivity contribution < 1.29 is 0 Å². The van der Waals surface area contributed by atoms with Gasteiger partial charge in [-0.25, -0.2) is 0 Å². The number of hydrogen-bond acceptors (Lipinski definition) is 1. The van der Waals surface area contributed by atoms with E-state index in [1.54, 1.807) is 5.56 Å². The van der Waals surface area contributed by atoms with Crippen LogP contribution < -0.4 is 5.73 Å². The van der Waals surface area contributed by atoms with Gasteiger partial charge in [-0.05, 0) is 49.0 Å². The van der Waals surface area contributed by atoms with E-state index in [4.69, 9.17) is 5.73 Å². The molecule has 4 unspecified atom stereocenters. The molecule has 1 aromatic rings. The summed E-state index contributed by atoms with van der Waals surface area (Å²) in [5.41, 5.74) is 7.52. The highest BCUT2D eigenvalue weighted by atomic mass is 14.7. The molecule has 2 saturated carbocycles. The number of hydrogen-bond donors (Lipinski definition) is 1. The van der Waals surface area contributed by atoms with E-state index in [0.29, 0.717) is 6.04 Å². The fraction of sp³-hybridized carbons (Fsp3) is 0.571. The first-order valence-electron chi connectivity index (χ1n) is 6.15. The van der Waals surface area contributed by atoms with E-state index in [2.05, 4.69) is 30.3 Å². The average Bonchev–Trinajstić information content (AvgIpc) is 2.96. The molecule has 0 spiro atoms. The van der Waals surface area contributed by atoms with Gasteiger partial charge in [0.05, 0.1) is 0 Å². The van der Waals surface area contributed by atoms with Crippen molar-refractivity contribution >= 4 is 0 Å². The molecule has 1 aromatic carbocycles. The van der Waals surface area contributed by atoms with Crippen LogP contribution in [0.2, 0.25) is 0 Å². The Morgan fingerprint density at radius 2 is 1.80 bits per heavy atom. The van der Waals surface area contributed by atoms with Crippen molar-refractivity contribution in [3.8, 4) is 0 Å². The first kappa shape index (κ1) is 9.41. The lowest BCUT2D eigenvalue weighted by molar-refractivity contribution is 0.462. The lowest BCUT2D eigenvalue weighted by Crippen LogP contribution is -2.15. The van der Waals surface area contributed by atoms with Crippen LogP contribution in [-0.2, 0) is 0 Å². The van der Waals surface area contributed by atoms with Gasteiger partial charge in [-0.15, -0.1) is 0 Å². The molecule has 80 valence electrons. The third kappa shape index (κ3) is 1.81. The minimum absolute atomic E-state index is 0.493. The Balaban J connectivity index is 1.65. The molecule has 4 atom stereocenters. The zero-order valence-corrected chi connectivity index (χ0v) is 9.10. The van der Waals surface area contributed by atoms with Gasteiger partial charge in [0.25, 0.3) is 0 Å². The van der Waals surface area contributed by atoms with E-state index in [0.717, 1.165) is 17.8 Å². The molecule has 2 fully saturated rings. The first-order chi connectivity index (χ1) is 7.34. The van der Waals surface area contributed by atoms with E-state index in [1.807, 2.05) is 0 Å². The molecule has 0 aliphatic heterocycles. The quantitative estimate of drug-likeness (QED) is 0.782. The molecule has 2 N–H and O–H groups in total. The van der Waals surface area contributed by atoms with Crippen LogP contribution >= 0.6 is 0 Å². The third-order valence-electron chi connectivity index (χ3n) is 4.19. The van der Waals surface area contributed by atoms with Crippen LogP contribution in [-0.4, -0.2) is 6.04 Å². The molecule has 0 amide bonds. The van der Waals surface area contributed by atoms with Gasteiger partial charge in [0.2, 0.25) is 0 Å². The van der Waals surface area contributed by atoms with E-state index < -0.39 is 0 Å². The predicted molar refractivity (Wildman–Crippen MR) is 62.6 cm³/mol. The van der Waals surface area contributed by atoms with Gasteiger partial charge >= 0.3 is 0 Å². The van der Waals surface area contributed by atoms with Crippen LogP contribution in [0, 0.1) is 11.8 Å². The Morgan fingerprint density at radius 3 is 2.47 bits per heavy atom. The Morgan fingerprint density at radius 1 is 1.00 bits per heavy atom. The smallest absolute Gasteiger partial charge is 0.00416 e. The van der Waals surface area contributed by atoms with Crippen molar-refractivity contribution in [1.82, 2.24) is 0 Å². The SMILES string of the molecule is NC1CCC(C2CC2c2ccccc2)C1. The Labute approximate surface area is 91.7 Å². The standard InChI is InChI=1S/C14H19N/c15-12-7-6-11(8-12)14-9-13(14)10-4-2-1-3-5-10/h1-5,11-14H,6-9,15H2. The minimum atomic E-state index is 0.493. The lowest BCUT2D eigenvalue weighted by Gasteiger charge is -2.08. The molecular formula is C14H19N. The van der Waals surface area contributed by atoms with E-state index in [1.165, 1.54) is 25.7 Å². The summed E-state index contributed by atoms with van der Waals surface area (Å²) in [5.74, 6) is 2.72. The monoisotopic (exact) mass is 201 g/mol. The Bertz CT molecular complexity index is 332. The average molecular weight is 201 g/mol. The van der Waals surface area contributed by atoms with E-state index in [9.17, 15) is 0 Å². The summed E-state index contributed by atoms with van der Waals surface area (Å²) in [6.07, 6.45) is 5.30. The maximum absolute atomic E-state index is 5.97. The molecule has 2 aliphatic rings. The molecule has 0 aromatic heterocycles. The summed E-state index contributed by atoms with van der Waals surface area (Å²) in [5, 5.41) is 0. The molecule has 1 nitrogen and oxygen atoms in total. The molecule has 1 heteroatoms. The van der Waals surface area contributed by atoms with Crippen molar-refractivity contribution in [1.29, 1.82) is 0 Å². The van der Waals surface area contributed by atoms with Gasteiger partial charge in [0.15, 0.2) is 0 Å². The van der Waals surface area contributed by atoms with Crippen LogP contribution in [0.1, 0.15) is 37.2 Å². The lowest BCUT2D eigenvalue weighted by atomic mass is 9.98. The Hall–Kier alpha value is -0.820. The number of rotatable bonds is 2. The van der Waals surface area contributed by atoms with Crippen LogP contribution in [0.15, 0.2) is 30.3 Å². The minimum Gasteiger partial charge on any atom is -0.328 e. The molecule has 3 rings (SSSR count). The van der Waals surface area contributed by atoms with Crippen LogP contribution in [0.4, 0.5) is 0 Å². The highest BCUT2D eigenvalue weighted by Crippen LogP contribution is 2.55. The fourth-order valence-corrected chi connectivity index (χ4v) is 3.26. The van der Waals surface area contributed by atoms with Crippen LogP contribution in [0.25, 0.3) is 0 Å². The van der Waals surface area contributed by atoms with Crippen LogP contribution in [0.3, 0.4) is 0 Å². The highest BCUT2D eigenvalue weighted by Gasteiger charge is 2.45. The van der Waals surface area contributed by atoms with Gasteiger partial charge in [-0.1, -0.05) is 30.3 Å². The van der Waals surface area contributed by atoms with Crippen LogP contribution in [0.5, 0.6) is 0 Å². The normalized spacial score (nSPS) is 39.3. The van der Waals surface area contributed by atoms with Gasteiger partial charge < -0.3 is 5.73 Å². The number of nitrogens with two attached hydrogens (primary N) is 1. The number of benzene rings is 1. The summed E-state index contributed by atoms with van der Waals surface area (Å²) < 4.78 is 0. The van der Waals surface area contributed by atoms with Crippen molar-refractivity contribution in [2.75, 3.05) is 0 Å². The highest BCUT2D eigenvalue weighted by molar-refractivity contribution is 5.26. The summed E-state index contributed by atoms with van der Waals surface area (Å²) in [7, 11) is 0. The summed E-state index contributed by atoms with van der Waals surface area (Å²) in [6.45, 7) is 0. The summed E-state index contributed by atoms with van der Waals surface area (Å²) in [4.78, 5) is 0. The largest absolute Gasteiger partial charge is 0.328 e. The van der Waals surface area contributed by atoms with Gasteiger partial charge in [0, 0.05) is 6.04 Å². The zero-order valence-electron chi connectivity index (χ0n) is 9.10. The fourth-order valence-electron chi connectivity index (χ4n) is 3.26.